The van der Waals surface area contributed by atoms with Crippen molar-refractivity contribution < 1.29 is 57.1 Å². The van der Waals surface area contributed by atoms with E-state index in [1.807, 2.05) is 0 Å². The van der Waals surface area contributed by atoms with Gasteiger partial charge in [-0.1, -0.05) is 25.1 Å². The summed E-state index contributed by atoms with van der Waals surface area (Å²) in [5.41, 5.74) is 0.317. The summed E-state index contributed by atoms with van der Waals surface area (Å²) in [4.78, 5) is 60.4. The van der Waals surface area contributed by atoms with E-state index < -0.39 is 78.7 Å². The van der Waals surface area contributed by atoms with Crippen LogP contribution in [0.2, 0.25) is 0 Å². The molecule has 1 spiro atoms. The topological polar surface area (TPSA) is 150 Å². The summed E-state index contributed by atoms with van der Waals surface area (Å²) < 4.78 is 39.4. The molecular formula is C25H30O12. The van der Waals surface area contributed by atoms with Gasteiger partial charge in [-0.25, -0.2) is 4.79 Å². The van der Waals surface area contributed by atoms with Gasteiger partial charge in [-0.05, 0) is 12.1 Å². The van der Waals surface area contributed by atoms with E-state index in [0.717, 1.165) is 20.8 Å². The smallest absolute Gasteiger partial charge is 0.338 e. The van der Waals surface area contributed by atoms with Gasteiger partial charge in [0.25, 0.3) is 0 Å². The zero-order valence-electron chi connectivity index (χ0n) is 21.2. The van der Waals surface area contributed by atoms with Crippen molar-refractivity contribution in [2.24, 2.45) is 5.92 Å². The number of rotatable bonds is 7. The first-order valence-corrected chi connectivity index (χ1v) is 11.7. The number of hydrogen-bond donors (Lipinski definition) is 0. The zero-order valence-corrected chi connectivity index (χ0v) is 21.2. The Morgan fingerprint density at radius 1 is 0.838 bits per heavy atom. The second kappa shape index (κ2) is 11.7. The highest BCUT2D eigenvalue weighted by molar-refractivity contribution is 5.89. The van der Waals surface area contributed by atoms with Crippen LogP contribution >= 0.6 is 0 Å². The minimum Gasteiger partial charge on any atom is -0.463 e. The van der Waals surface area contributed by atoms with Crippen LogP contribution in [0.5, 0.6) is 0 Å². The predicted molar refractivity (Wildman–Crippen MR) is 122 cm³/mol. The van der Waals surface area contributed by atoms with E-state index in [9.17, 15) is 24.0 Å². The maximum Gasteiger partial charge on any atom is 0.338 e. The lowest BCUT2D eigenvalue weighted by Crippen LogP contribution is -2.69. The summed E-state index contributed by atoms with van der Waals surface area (Å²) in [6.07, 6.45) is -6.19. The molecule has 202 valence electrons. The van der Waals surface area contributed by atoms with E-state index in [2.05, 4.69) is 0 Å². The van der Waals surface area contributed by atoms with Crippen molar-refractivity contribution in [3.8, 4) is 0 Å². The second-order valence-electron chi connectivity index (χ2n) is 8.77. The van der Waals surface area contributed by atoms with Gasteiger partial charge in [0.1, 0.15) is 18.8 Å². The molecule has 3 rings (SSSR count). The molecule has 2 fully saturated rings. The van der Waals surface area contributed by atoms with Gasteiger partial charge < -0.3 is 33.2 Å². The van der Waals surface area contributed by atoms with Gasteiger partial charge in [-0.15, -0.1) is 0 Å². The normalized spacial score (nSPS) is 30.7. The molecule has 0 saturated carbocycles. The van der Waals surface area contributed by atoms with Gasteiger partial charge in [0.15, 0.2) is 18.3 Å². The highest BCUT2D eigenvalue weighted by Crippen LogP contribution is 2.46. The Kier molecular flexibility index (Phi) is 8.87. The van der Waals surface area contributed by atoms with E-state index in [-0.39, 0.29) is 6.61 Å². The predicted octanol–water partition coefficient (Wildman–Crippen LogP) is 1.33. The van der Waals surface area contributed by atoms with Crippen LogP contribution in [-0.4, -0.2) is 79.4 Å². The molecule has 7 atom stereocenters. The average Bonchev–Trinajstić information content (AvgIpc) is 3.12. The molecular weight excluding hydrogens is 492 g/mol. The van der Waals surface area contributed by atoms with Gasteiger partial charge in [0.05, 0.1) is 18.1 Å². The first-order chi connectivity index (χ1) is 17.4. The lowest BCUT2D eigenvalue weighted by molar-refractivity contribution is -0.363. The van der Waals surface area contributed by atoms with E-state index >= 15 is 0 Å². The fraction of sp³-hybridized carbons (Fsp3) is 0.560. The molecule has 12 heteroatoms. The molecule has 0 amide bonds. The molecule has 1 aromatic rings. The fourth-order valence-corrected chi connectivity index (χ4v) is 4.44. The third-order valence-electron chi connectivity index (χ3n) is 6.00. The van der Waals surface area contributed by atoms with Crippen LogP contribution in [-0.2, 0) is 52.3 Å². The second-order valence-corrected chi connectivity index (χ2v) is 8.77. The third-order valence-corrected chi connectivity index (χ3v) is 6.00. The lowest BCUT2D eigenvalue weighted by Gasteiger charge is -2.50. The van der Waals surface area contributed by atoms with Crippen molar-refractivity contribution in [2.75, 3.05) is 13.2 Å². The molecule has 0 aliphatic carbocycles. The van der Waals surface area contributed by atoms with Crippen molar-refractivity contribution in [2.45, 2.75) is 70.9 Å². The molecule has 0 aromatic heterocycles. The lowest BCUT2D eigenvalue weighted by atomic mass is 9.84. The van der Waals surface area contributed by atoms with Crippen LogP contribution in [0.3, 0.4) is 0 Å². The summed E-state index contributed by atoms with van der Waals surface area (Å²) in [5, 5.41) is 0. The SMILES string of the molecule is CC(=O)OC[C@H]1OC2(OC[C@@H](OC(=O)c3ccccc3)C2C)[C@H](OC(C)=O)[C@@H](OC(C)=O)[C@@H]1OC(C)=O. The maximum atomic E-state index is 12.7. The maximum absolute atomic E-state index is 12.7. The Balaban J connectivity index is 2.00. The quantitative estimate of drug-likeness (QED) is 0.375. The van der Waals surface area contributed by atoms with Crippen LogP contribution in [0, 0.1) is 5.92 Å². The van der Waals surface area contributed by atoms with Crippen molar-refractivity contribution in [3.05, 3.63) is 35.9 Å². The van der Waals surface area contributed by atoms with Gasteiger partial charge in [-0.2, -0.15) is 0 Å². The van der Waals surface area contributed by atoms with Crippen molar-refractivity contribution in [3.63, 3.8) is 0 Å². The fourth-order valence-electron chi connectivity index (χ4n) is 4.44. The Hall–Kier alpha value is -3.51. The first kappa shape index (κ1) is 28.1. The number of esters is 5. The minimum atomic E-state index is -1.81. The Morgan fingerprint density at radius 3 is 2.00 bits per heavy atom. The van der Waals surface area contributed by atoms with Crippen molar-refractivity contribution in [1.29, 1.82) is 0 Å². The van der Waals surface area contributed by atoms with Crippen LogP contribution < -0.4 is 0 Å². The van der Waals surface area contributed by atoms with E-state index in [1.54, 1.807) is 37.3 Å². The monoisotopic (exact) mass is 522 g/mol. The molecule has 2 heterocycles. The molecule has 12 nitrogen and oxygen atoms in total. The molecule has 0 bridgehead atoms. The molecule has 0 radical (unpaired) electrons. The van der Waals surface area contributed by atoms with Gasteiger partial charge in [-0.3, -0.25) is 19.2 Å². The summed E-state index contributed by atoms with van der Waals surface area (Å²) in [6.45, 7) is 5.67. The summed E-state index contributed by atoms with van der Waals surface area (Å²) in [6, 6.07) is 8.31. The zero-order chi connectivity index (χ0) is 27.3. The first-order valence-electron chi connectivity index (χ1n) is 11.7. The molecule has 1 aromatic carbocycles. The molecule has 2 aliphatic rings. The van der Waals surface area contributed by atoms with Crippen LogP contribution in [0.1, 0.15) is 45.0 Å². The third kappa shape index (κ3) is 6.44. The highest BCUT2D eigenvalue weighted by Gasteiger charge is 2.67. The molecule has 2 saturated heterocycles. The Morgan fingerprint density at radius 2 is 1.43 bits per heavy atom. The van der Waals surface area contributed by atoms with Crippen LogP contribution in [0.15, 0.2) is 30.3 Å². The number of ether oxygens (including phenoxy) is 7. The summed E-state index contributed by atoms with van der Waals surface area (Å²) in [7, 11) is 0. The number of carbonyl (C=O) groups is 5. The van der Waals surface area contributed by atoms with Crippen LogP contribution in [0.25, 0.3) is 0 Å². The molecule has 37 heavy (non-hydrogen) atoms. The average molecular weight is 523 g/mol. The van der Waals surface area contributed by atoms with E-state index in [4.69, 9.17) is 33.2 Å². The largest absolute Gasteiger partial charge is 0.463 e. The Labute approximate surface area is 213 Å². The molecule has 2 aliphatic heterocycles. The van der Waals surface area contributed by atoms with E-state index in [1.165, 1.54) is 6.92 Å². The molecule has 0 N–H and O–H groups in total. The van der Waals surface area contributed by atoms with Crippen LogP contribution in [0.4, 0.5) is 0 Å². The minimum absolute atomic E-state index is 0.150. The summed E-state index contributed by atoms with van der Waals surface area (Å²) >= 11 is 0. The van der Waals surface area contributed by atoms with Crippen molar-refractivity contribution in [1.82, 2.24) is 0 Å². The summed E-state index contributed by atoms with van der Waals surface area (Å²) in [5.74, 6) is -6.10. The van der Waals surface area contributed by atoms with Gasteiger partial charge in [0.2, 0.25) is 5.79 Å². The standard InChI is InChI=1S/C25H30O12/c1-13-19(36-24(30)18-9-7-6-8-10-18)12-32-25(13)23(35-17(5)29)22(34-16(4)28)21(33-15(3)27)20(37-25)11-31-14(2)26/h6-10,13,19-23H,11-12H2,1-5H3/t13?,19-,20-,21-,22+,23-,25?/m1/s1. The van der Waals surface area contributed by atoms with Crippen molar-refractivity contribution >= 4 is 29.8 Å². The number of hydrogen-bond acceptors (Lipinski definition) is 12. The van der Waals surface area contributed by atoms with Gasteiger partial charge >= 0.3 is 29.8 Å². The molecule has 2 unspecified atom stereocenters. The number of carbonyl (C=O) groups excluding carboxylic acids is 5. The van der Waals surface area contributed by atoms with Gasteiger partial charge in [0, 0.05) is 27.7 Å². The number of benzene rings is 1. The Bertz CT molecular complexity index is 1020. The highest BCUT2D eigenvalue weighted by atomic mass is 16.8. The van der Waals surface area contributed by atoms with E-state index in [0.29, 0.717) is 5.56 Å².